The van der Waals surface area contributed by atoms with Gasteiger partial charge in [-0.2, -0.15) is 0 Å². The van der Waals surface area contributed by atoms with Gasteiger partial charge in [-0.25, -0.2) is 0 Å². The van der Waals surface area contributed by atoms with Crippen LogP contribution in [0.3, 0.4) is 0 Å². The topological polar surface area (TPSA) is 76.7 Å². The summed E-state index contributed by atoms with van der Waals surface area (Å²) in [5, 5.41) is 5.45. The maximum Gasteiger partial charge on any atom is 0.262 e. The number of hydrogen-bond donors (Lipinski definition) is 2. The largest absolute Gasteiger partial charge is 0.483 e. The fourth-order valence-electron chi connectivity index (χ4n) is 2.02. The molecule has 2 amide bonds. The molecule has 2 aromatic carbocycles. The zero-order chi connectivity index (χ0) is 18.1. The number of methoxy groups -OCH3 is 1. The van der Waals surface area contributed by atoms with E-state index in [0.717, 1.165) is 4.47 Å². The molecule has 0 aliphatic carbocycles. The van der Waals surface area contributed by atoms with Crippen molar-refractivity contribution in [2.24, 2.45) is 0 Å². The molecule has 0 bridgehead atoms. The van der Waals surface area contributed by atoms with Crippen LogP contribution in [0.2, 0.25) is 0 Å². The first-order chi connectivity index (χ1) is 12.1. The summed E-state index contributed by atoms with van der Waals surface area (Å²) in [6.45, 7) is 0.622. The van der Waals surface area contributed by atoms with Crippen LogP contribution in [0.15, 0.2) is 53.0 Å². The van der Waals surface area contributed by atoms with Crippen molar-refractivity contribution in [3.8, 4) is 5.75 Å². The second kappa shape index (κ2) is 9.80. The summed E-state index contributed by atoms with van der Waals surface area (Å²) >= 11 is 3.33. The fraction of sp³-hybridized carbons (Fsp3) is 0.222. The highest BCUT2D eigenvalue weighted by Crippen LogP contribution is 2.18. The summed E-state index contributed by atoms with van der Waals surface area (Å²) in [5.41, 5.74) is 1.04. The summed E-state index contributed by atoms with van der Waals surface area (Å²) in [6, 6.07) is 14.0. The Morgan fingerprint density at radius 2 is 1.80 bits per heavy atom. The number of ether oxygens (including phenoxy) is 2. The van der Waals surface area contributed by atoms with Crippen LogP contribution in [-0.2, 0) is 9.53 Å². The van der Waals surface area contributed by atoms with Crippen molar-refractivity contribution < 1.29 is 19.1 Å². The van der Waals surface area contributed by atoms with Crippen molar-refractivity contribution in [2.75, 3.05) is 32.2 Å². The van der Waals surface area contributed by atoms with Gasteiger partial charge in [-0.05, 0) is 36.4 Å². The first-order valence-electron chi connectivity index (χ1n) is 7.64. The second-order valence-electron chi connectivity index (χ2n) is 5.09. The first kappa shape index (κ1) is 19.0. The van der Waals surface area contributed by atoms with E-state index in [-0.39, 0.29) is 18.4 Å². The molecule has 25 heavy (non-hydrogen) atoms. The van der Waals surface area contributed by atoms with Crippen LogP contribution in [0.4, 0.5) is 5.69 Å². The Kier molecular flexibility index (Phi) is 7.43. The van der Waals surface area contributed by atoms with E-state index in [1.165, 1.54) is 0 Å². The molecule has 0 aromatic heterocycles. The number of halogens is 1. The highest BCUT2D eigenvalue weighted by molar-refractivity contribution is 9.10. The van der Waals surface area contributed by atoms with Gasteiger partial charge in [-0.15, -0.1) is 0 Å². The molecule has 0 radical (unpaired) electrons. The Morgan fingerprint density at radius 3 is 2.52 bits per heavy atom. The molecule has 0 saturated heterocycles. The Labute approximate surface area is 154 Å². The van der Waals surface area contributed by atoms with E-state index in [1.54, 1.807) is 43.5 Å². The van der Waals surface area contributed by atoms with Crippen molar-refractivity contribution in [3.05, 3.63) is 58.6 Å². The van der Waals surface area contributed by atoms with Crippen molar-refractivity contribution in [2.45, 2.75) is 0 Å². The average molecular weight is 407 g/mol. The predicted octanol–water partition coefficient (Wildman–Crippen LogP) is 2.84. The Bertz CT molecular complexity index is 719. The Morgan fingerprint density at radius 1 is 1.08 bits per heavy atom. The van der Waals surface area contributed by atoms with E-state index in [9.17, 15) is 9.59 Å². The highest BCUT2D eigenvalue weighted by Gasteiger charge is 2.13. The number of hydrogen-bond acceptors (Lipinski definition) is 4. The van der Waals surface area contributed by atoms with Gasteiger partial charge in [0.15, 0.2) is 6.61 Å². The van der Waals surface area contributed by atoms with E-state index >= 15 is 0 Å². The van der Waals surface area contributed by atoms with E-state index in [1.807, 2.05) is 12.1 Å². The van der Waals surface area contributed by atoms with Crippen LogP contribution < -0.4 is 15.4 Å². The van der Waals surface area contributed by atoms with Gasteiger partial charge in [0.2, 0.25) is 0 Å². The van der Waals surface area contributed by atoms with Gasteiger partial charge in [0.05, 0.1) is 12.2 Å². The monoisotopic (exact) mass is 406 g/mol. The summed E-state index contributed by atoms with van der Waals surface area (Å²) in [6.07, 6.45) is 0. The molecule has 0 atom stereocenters. The molecule has 0 aliphatic heterocycles. The maximum atomic E-state index is 12.2. The number of nitrogens with one attached hydrogen (secondary N) is 2. The Hall–Kier alpha value is -2.38. The van der Waals surface area contributed by atoms with Crippen molar-refractivity contribution in [1.82, 2.24) is 5.32 Å². The second-order valence-corrected chi connectivity index (χ2v) is 6.00. The molecule has 0 spiro atoms. The fourth-order valence-corrected chi connectivity index (χ4v) is 2.28. The highest BCUT2D eigenvalue weighted by atomic mass is 79.9. The summed E-state index contributed by atoms with van der Waals surface area (Å²) < 4.78 is 11.3. The molecule has 2 N–H and O–H groups in total. The van der Waals surface area contributed by atoms with Crippen molar-refractivity contribution in [1.29, 1.82) is 0 Å². The van der Waals surface area contributed by atoms with Crippen LogP contribution in [-0.4, -0.2) is 38.7 Å². The molecule has 132 valence electrons. The molecular formula is C18H19BrN2O4. The molecule has 0 aliphatic rings. The first-order valence-corrected chi connectivity index (χ1v) is 8.44. The lowest BCUT2D eigenvalue weighted by atomic mass is 10.2. The van der Waals surface area contributed by atoms with Crippen molar-refractivity contribution >= 4 is 33.4 Å². The van der Waals surface area contributed by atoms with Gasteiger partial charge in [-0.3, -0.25) is 9.59 Å². The average Bonchev–Trinajstić information content (AvgIpc) is 2.62. The molecule has 2 rings (SSSR count). The van der Waals surface area contributed by atoms with Gasteiger partial charge in [0.25, 0.3) is 11.8 Å². The third kappa shape index (κ3) is 6.21. The van der Waals surface area contributed by atoms with Crippen LogP contribution in [0.5, 0.6) is 5.75 Å². The quantitative estimate of drug-likeness (QED) is 0.660. The van der Waals surface area contributed by atoms with E-state index in [4.69, 9.17) is 9.47 Å². The third-order valence-corrected chi connectivity index (χ3v) is 3.74. The van der Waals surface area contributed by atoms with Crippen LogP contribution >= 0.6 is 15.9 Å². The minimum Gasteiger partial charge on any atom is -0.483 e. The minimum absolute atomic E-state index is 0.196. The lowest BCUT2D eigenvalue weighted by Crippen LogP contribution is -2.28. The molecule has 6 nitrogen and oxygen atoms in total. The normalized spacial score (nSPS) is 10.2. The van der Waals surface area contributed by atoms with E-state index < -0.39 is 0 Å². The molecule has 0 fully saturated rings. The smallest absolute Gasteiger partial charge is 0.262 e. The van der Waals surface area contributed by atoms with Crippen molar-refractivity contribution in [3.63, 3.8) is 0 Å². The lowest BCUT2D eigenvalue weighted by Gasteiger charge is -2.12. The molecule has 7 heteroatoms. The third-order valence-electron chi connectivity index (χ3n) is 3.21. The molecule has 0 unspecified atom stereocenters. The standard InChI is InChI=1S/C18H19BrN2O4/c1-24-11-10-20-18(23)15-4-2-3-5-16(15)25-12-17(22)21-14-8-6-13(19)7-9-14/h2-9H,10-12H2,1H3,(H,20,23)(H,21,22). The maximum absolute atomic E-state index is 12.2. The van der Waals surface area contributed by atoms with E-state index in [2.05, 4.69) is 26.6 Å². The van der Waals surface area contributed by atoms with Crippen LogP contribution in [0.1, 0.15) is 10.4 Å². The zero-order valence-corrected chi connectivity index (χ0v) is 15.3. The van der Waals surface area contributed by atoms with Gasteiger partial charge in [0, 0.05) is 23.8 Å². The number of benzene rings is 2. The number of anilines is 1. The van der Waals surface area contributed by atoms with E-state index in [0.29, 0.717) is 30.2 Å². The molecule has 0 heterocycles. The van der Waals surface area contributed by atoms with Gasteiger partial charge in [-0.1, -0.05) is 28.1 Å². The summed E-state index contributed by atoms with van der Waals surface area (Å²) in [7, 11) is 1.56. The number of carbonyl (C=O) groups is 2. The zero-order valence-electron chi connectivity index (χ0n) is 13.8. The SMILES string of the molecule is COCCNC(=O)c1ccccc1OCC(=O)Nc1ccc(Br)cc1. The molecule has 2 aromatic rings. The number of carbonyl (C=O) groups excluding carboxylic acids is 2. The summed E-state index contributed by atoms with van der Waals surface area (Å²) in [5.74, 6) is -0.235. The van der Waals surface area contributed by atoms with Gasteiger partial charge in [0.1, 0.15) is 5.75 Å². The molecule has 0 saturated carbocycles. The predicted molar refractivity (Wildman–Crippen MR) is 98.9 cm³/mol. The minimum atomic E-state index is -0.308. The van der Waals surface area contributed by atoms with Gasteiger partial charge >= 0.3 is 0 Å². The van der Waals surface area contributed by atoms with Gasteiger partial charge < -0.3 is 20.1 Å². The number of rotatable bonds is 8. The van der Waals surface area contributed by atoms with Crippen LogP contribution in [0.25, 0.3) is 0 Å². The number of para-hydroxylation sites is 1. The Balaban J connectivity index is 1.92. The lowest BCUT2D eigenvalue weighted by molar-refractivity contribution is -0.118. The summed E-state index contributed by atoms with van der Waals surface area (Å²) in [4.78, 5) is 24.2. The molecular weight excluding hydrogens is 388 g/mol. The van der Waals surface area contributed by atoms with Crippen LogP contribution in [0, 0.1) is 0 Å². The number of amides is 2.